The summed E-state index contributed by atoms with van der Waals surface area (Å²) in [7, 11) is 0. The minimum absolute atomic E-state index is 0.194. The van der Waals surface area contributed by atoms with Gasteiger partial charge in [-0.15, -0.1) is 23.2 Å². The molecule has 0 radical (unpaired) electrons. The van der Waals surface area contributed by atoms with Gasteiger partial charge in [0.2, 0.25) is 0 Å². The average Bonchev–Trinajstić information content (AvgIpc) is 2.63. The van der Waals surface area contributed by atoms with Gasteiger partial charge in [0.1, 0.15) is 0 Å². The van der Waals surface area contributed by atoms with Crippen LogP contribution in [-0.4, -0.2) is 15.6 Å². The third-order valence-corrected chi connectivity index (χ3v) is 2.20. The van der Waals surface area contributed by atoms with Crippen molar-refractivity contribution in [3.8, 4) is 0 Å². The maximum Gasteiger partial charge on any atom is 0.0967 e. The van der Waals surface area contributed by atoms with Crippen LogP contribution in [0.15, 0.2) is 98.1 Å². The van der Waals surface area contributed by atoms with Crippen molar-refractivity contribution in [1.29, 1.82) is 0 Å². The number of hydrogen-bond acceptors (Lipinski definition) is 2. The summed E-state index contributed by atoms with van der Waals surface area (Å²) in [5.74, 6) is 0. The molecular weight excluding hydrogens is 343 g/mol. The zero-order chi connectivity index (χ0) is 20.0. The molecule has 24 heavy (non-hydrogen) atoms. The summed E-state index contributed by atoms with van der Waals surface area (Å²) in [5.41, 5.74) is 2.85. The van der Waals surface area contributed by atoms with Crippen molar-refractivity contribution in [2.45, 2.75) is 20.8 Å². The van der Waals surface area contributed by atoms with E-state index in [-0.39, 0.29) is 5.34 Å². The van der Waals surface area contributed by atoms with Crippen LogP contribution in [-0.2, 0) is 0 Å². The first kappa shape index (κ1) is 30.0. The molecule has 0 fully saturated rings. The summed E-state index contributed by atoms with van der Waals surface area (Å²) in [4.78, 5) is 0. The molecule has 4 heteroatoms. The molecule has 136 valence electrons. The fraction of sp³-hybridized carbons (Fsp3) is 0.200. The van der Waals surface area contributed by atoms with Crippen LogP contribution < -0.4 is 0 Å². The van der Waals surface area contributed by atoms with Gasteiger partial charge in [0.25, 0.3) is 0 Å². The Bertz CT molecular complexity index is 434. The monoisotopic (exact) mass is 372 g/mol. The van der Waals surface area contributed by atoms with Crippen LogP contribution in [0.5, 0.6) is 0 Å². The minimum atomic E-state index is 0.194. The van der Waals surface area contributed by atoms with Gasteiger partial charge in [0.05, 0.1) is 17.9 Å². The van der Waals surface area contributed by atoms with Crippen molar-refractivity contribution in [1.82, 2.24) is 0 Å². The van der Waals surface area contributed by atoms with Crippen LogP contribution in [0.4, 0.5) is 0 Å². The lowest BCUT2D eigenvalue weighted by molar-refractivity contribution is 0.461. The second-order valence-corrected chi connectivity index (χ2v) is 4.16. The first-order valence-electron chi connectivity index (χ1n) is 7.14. The molecule has 0 saturated carbocycles. The fourth-order valence-corrected chi connectivity index (χ4v) is 1.04. The summed E-state index contributed by atoms with van der Waals surface area (Å²) in [6, 6.07) is 0. The lowest BCUT2D eigenvalue weighted by Gasteiger charge is -1.96. The second kappa shape index (κ2) is 26.0. The maximum absolute atomic E-state index is 8.53. The normalized spacial score (nSPS) is 10.3. The van der Waals surface area contributed by atoms with Gasteiger partial charge < -0.3 is 10.2 Å². The van der Waals surface area contributed by atoms with Gasteiger partial charge >= 0.3 is 0 Å². The van der Waals surface area contributed by atoms with Crippen LogP contribution in [0.25, 0.3) is 0 Å². The van der Waals surface area contributed by atoms with Gasteiger partial charge in [-0.25, -0.2) is 0 Å². The summed E-state index contributed by atoms with van der Waals surface area (Å²) in [6.45, 7) is 23.8. The summed E-state index contributed by atoms with van der Waals surface area (Å²) in [6.07, 6.45) is 10.00. The van der Waals surface area contributed by atoms with Gasteiger partial charge in [0, 0.05) is 11.1 Å². The highest BCUT2D eigenvalue weighted by Crippen LogP contribution is 2.09. The van der Waals surface area contributed by atoms with Gasteiger partial charge in [0.15, 0.2) is 0 Å². The number of aliphatic hydroxyl groups is 2. The first-order valence-corrected chi connectivity index (χ1v) is 8.20. The quantitative estimate of drug-likeness (QED) is 0.287. The van der Waals surface area contributed by atoms with Crippen LogP contribution in [0.2, 0.25) is 0 Å². The number of allylic oxidation sites excluding steroid dienone is 9. The van der Waals surface area contributed by atoms with E-state index in [2.05, 4.69) is 32.9 Å². The van der Waals surface area contributed by atoms with E-state index in [9.17, 15) is 0 Å². The van der Waals surface area contributed by atoms with Gasteiger partial charge in [-0.3, -0.25) is 0 Å². The molecule has 0 aliphatic carbocycles. The number of rotatable bonds is 6. The Labute approximate surface area is 157 Å². The van der Waals surface area contributed by atoms with Gasteiger partial charge in [-0.1, -0.05) is 77.1 Å². The lowest BCUT2D eigenvalue weighted by atomic mass is 10.1. The van der Waals surface area contributed by atoms with Gasteiger partial charge in [-0.05, 0) is 18.1 Å². The zero-order valence-corrected chi connectivity index (χ0v) is 16.4. The molecule has 2 nitrogen and oxygen atoms in total. The van der Waals surface area contributed by atoms with Crippen molar-refractivity contribution in [2.24, 2.45) is 0 Å². The van der Waals surface area contributed by atoms with E-state index < -0.39 is 0 Å². The SMILES string of the molecule is C=CC(=C)/C(C=C)=C\C.C=CC(=C/O)/C(C=C)=C\O.CC.ClCCl. The Kier molecular flexibility index (Phi) is 32.6. The highest BCUT2D eigenvalue weighted by atomic mass is 35.5. The third kappa shape index (κ3) is 18.1. The molecular formula is C20H30Cl2O2. The number of halogens is 2. The van der Waals surface area contributed by atoms with Crippen molar-refractivity contribution >= 4 is 23.2 Å². The minimum Gasteiger partial charge on any atom is -0.515 e. The number of aliphatic hydroxyl groups excluding tert-OH is 2. The number of alkyl halides is 2. The van der Waals surface area contributed by atoms with E-state index in [0.29, 0.717) is 11.1 Å². The van der Waals surface area contributed by atoms with E-state index >= 15 is 0 Å². The van der Waals surface area contributed by atoms with Crippen molar-refractivity contribution in [3.63, 3.8) is 0 Å². The molecule has 0 rings (SSSR count). The van der Waals surface area contributed by atoms with Crippen LogP contribution in [0.3, 0.4) is 0 Å². The third-order valence-electron chi connectivity index (χ3n) is 2.20. The van der Waals surface area contributed by atoms with E-state index in [1.807, 2.05) is 26.8 Å². The average molecular weight is 373 g/mol. The molecule has 0 spiro atoms. The van der Waals surface area contributed by atoms with Crippen LogP contribution in [0.1, 0.15) is 20.8 Å². The smallest absolute Gasteiger partial charge is 0.0967 e. The lowest BCUT2D eigenvalue weighted by Crippen LogP contribution is -1.81. The fourth-order valence-electron chi connectivity index (χ4n) is 1.04. The molecule has 0 saturated heterocycles. The Morgan fingerprint density at radius 2 is 1.08 bits per heavy atom. The molecule has 0 aliphatic heterocycles. The van der Waals surface area contributed by atoms with Crippen molar-refractivity contribution < 1.29 is 10.2 Å². The molecule has 0 heterocycles. The molecule has 0 aromatic carbocycles. The predicted molar refractivity (Wildman–Crippen MR) is 113 cm³/mol. The Morgan fingerprint density at radius 1 is 0.792 bits per heavy atom. The topological polar surface area (TPSA) is 40.5 Å². The predicted octanol–water partition coefficient (Wildman–Crippen LogP) is 7.55. The Balaban J connectivity index is -0.000000132. The van der Waals surface area contributed by atoms with E-state index in [4.69, 9.17) is 33.4 Å². The Morgan fingerprint density at radius 3 is 1.17 bits per heavy atom. The van der Waals surface area contributed by atoms with Crippen LogP contribution in [0, 0.1) is 0 Å². The molecule has 0 aliphatic rings. The molecule has 0 unspecified atom stereocenters. The summed E-state index contributed by atoms with van der Waals surface area (Å²) < 4.78 is 0. The molecule has 2 N–H and O–H groups in total. The zero-order valence-electron chi connectivity index (χ0n) is 14.9. The molecule has 0 aromatic rings. The van der Waals surface area contributed by atoms with E-state index in [0.717, 1.165) is 23.7 Å². The van der Waals surface area contributed by atoms with Gasteiger partial charge in [-0.2, -0.15) is 0 Å². The highest BCUT2D eigenvalue weighted by molar-refractivity contribution is 6.40. The molecule has 0 bridgehead atoms. The van der Waals surface area contributed by atoms with Crippen molar-refractivity contribution in [2.75, 3.05) is 5.34 Å². The van der Waals surface area contributed by atoms with Crippen molar-refractivity contribution in [3.05, 3.63) is 98.1 Å². The van der Waals surface area contributed by atoms with E-state index in [1.54, 1.807) is 12.2 Å². The van der Waals surface area contributed by atoms with Crippen LogP contribution >= 0.6 is 23.2 Å². The molecule has 0 atom stereocenters. The highest BCUT2D eigenvalue weighted by Gasteiger charge is 1.94. The standard InChI is InChI=1S/C9H12.C8H10O2.C2H6.CH2Cl2/c1-5-8(4)9(6-2)7-3;1-3-7(5-9)8(4-2)6-10;1-2;2-1-3/h5-7H,1-2,4H2,3H3;3-6,9-10H,1-2H2;1-2H3;1H2/b9-7-;7-5-,8-6-;;. The Hall–Kier alpha value is -1.90. The summed E-state index contributed by atoms with van der Waals surface area (Å²) in [5, 5.41) is 17.2. The second-order valence-electron chi connectivity index (χ2n) is 3.36. The molecule has 0 amide bonds. The number of hydrogen-bond donors (Lipinski definition) is 2. The first-order chi connectivity index (χ1) is 11.5. The largest absolute Gasteiger partial charge is 0.515 e. The molecule has 0 aromatic heterocycles. The van der Waals surface area contributed by atoms with E-state index in [1.165, 1.54) is 12.2 Å². The summed E-state index contributed by atoms with van der Waals surface area (Å²) >= 11 is 9.53. The maximum atomic E-state index is 8.53.